The molecule has 0 aliphatic heterocycles. The number of hydrogen-bond donors (Lipinski definition) is 1. The van der Waals surface area contributed by atoms with Crippen molar-refractivity contribution in [1.82, 2.24) is 10.4 Å². The van der Waals surface area contributed by atoms with E-state index in [1.54, 1.807) is 12.4 Å². The lowest BCUT2D eigenvalue weighted by Crippen LogP contribution is -2.19. The first kappa shape index (κ1) is 20.1. The standard InChI is InChI=1S/C21H18BrN3O2S/c22-18-10-8-16(9-11-18)14-27-19-6-2-1-5-17(19)13-24-25-20(26)15-28-21-7-3-4-12-23-21/h1-13H,14-15H2,(H,25,26). The van der Waals surface area contributed by atoms with E-state index in [1.165, 1.54) is 11.8 Å². The molecular weight excluding hydrogens is 438 g/mol. The van der Waals surface area contributed by atoms with Crippen LogP contribution in [-0.4, -0.2) is 22.9 Å². The summed E-state index contributed by atoms with van der Waals surface area (Å²) in [6.45, 7) is 0.450. The lowest BCUT2D eigenvalue weighted by Gasteiger charge is -2.09. The summed E-state index contributed by atoms with van der Waals surface area (Å²) >= 11 is 4.78. The maximum atomic E-state index is 11.9. The predicted octanol–water partition coefficient (Wildman–Crippen LogP) is 4.67. The molecule has 0 atom stereocenters. The maximum absolute atomic E-state index is 11.9. The minimum absolute atomic E-state index is 0.194. The molecule has 0 unspecified atom stereocenters. The van der Waals surface area contributed by atoms with E-state index >= 15 is 0 Å². The van der Waals surface area contributed by atoms with Crippen LogP contribution >= 0.6 is 27.7 Å². The molecule has 28 heavy (non-hydrogen) atoms. The molecule has 3 rings (SSSR count). The second-order valence-corrected chi connectivity index (χ2v) is 7.61. The number of benzene rings is 2. The van der Waals surface area contributed by atoms with E-state index < -0.39 is 0 Å². The van der Waals surface area contributed by atoms with Crippen LogP contribution in [0.2, 0.25) is 0 Å². The van der Waals surface area contributed by atoms with Crippen molar-refractivity contribution in [3.63, 3.8) is 0 Å². The Morgan fingerprint density at radius 2 is 1.89 bits per heavy atom. The molecule has 0 saturated heterocycles. The van der Waals surface area contributed by atoms with E-state index in [2.05, 4.69) is 31.4 Å². The van der Waals surface area contributed by atoms with Gasteiger partial charge in [-0.15, -0.1) is 0 Å². The number of ether oxygens (including phenoxy) is 1. The van der Waals surface area contributed by atoms with E-state index in [-0.39, 0.29) is 11.7 Å². The molecule has 0 saturated carbocycles. The van der Waals surface area contributed by atoms with Gasteiger partial charge in [-0.3, -0.25) is 4.79 Å². The Labute approximate surface area is 176 Å². The number of hydrogen-bond acceptors (Lipinski definition) is 5. The highest BCUT2D eigenvalue weighted by Crippen LogP contribution is 2.18. The second-order valence-electron chi connectivity index (χ2n) is 5.70. The second kappa shape index (κ2) is 10.6. The number of carbonyl (C=O) groups is 1. The summed E-state index contributed by atoms with van der Waals surface area (Å²) in [6.07, 6.45) is 3.28. The molecule has 1 aromatic heterocycles. The van der Waals surface area contributed by atoms with Crippen LogP contribution < -0.4 is 10.2 Å². The first-order valence-corrected chi connectivity index (χ1v) is 10.3. The van der Waals surface area contributed by atoms with Gasteiger partial charge >= 0.3 is 0 Å². The first-order chi connectivity index (χ1) is 13.7. The van der Waals surface area contributed by atoms with Gasteiger partial charge in [-0.2, -0.15) is 5.10 Å². The molecule has 0 aliphatic carbocycles. The van der Waals surface area contributed by atoms with Crippen LogP contribution in [0.15, 0.2) is 87.5 Å². The highest BCUT2D eigenvalue weighted by Gasteiger charge is 2.04. The molecule has 1 N–H and O–H groups in total. The fourth-order valence-electron chi connectivity index (χ4n) is 2.24. The van der Waals surface area contributed by atoms with E-state index in [0.717, 1.165) is 20.6 Å². The van der Waals surface area contributed by atoms with Crippen LogP contribution in [0.4, 0.5) is 0 Å². The smallest absolute Gasteiger partial charge is 0.250 e. The van der Waals surface area contributed by atoms with Crippen molar-refractivity contribution in [3.05, 3.63) is 88.5 Å². The van der Waals surface area contributed by atoms with Crippen molar-refractivity contribution < 1.29 is 9.53 Å². The molecule has 1 heterocycles. The Balaban J connectivity index is 1.52. The van der Waals surface area contributed by atoms with Crippen molar-refractivity contribution >= 4 is 39.8 Å². The third-order valence-corrected chi connectivity index (χ3v) is 5.08. The molecule has 1 amide bonds. The zero-order valence-corrected chi connectivity index (χ0v) is 17.3. The van der Waals surface area contributed by atoms with Crippen LogP contribution in [0, 0.1) is 0 Å². The summed E-state index contributed by atoms with van der Waals surface area (Å²) < 4.78 is 6.92. The van der Waals surface area contributed by atoms with Crippen molar-refractivity contribution in [1.29, 1.82) is 0 Å². The molecule has 0 spiro atoms. The Morgan fingerprint density at radius 1 is 1.11 bits per heavy atom. The van der Waals surface area contributed by atoms with E-state index in [1.807, 2.05) is 66.7 Å². The minimum atomic E-state index is -0.194. The normalized spacial score (nSPS) is 10.8. The quantitative estimate of drug-likeness (QED) is 0.304. The zero-order valence-electron chi connectivity index (χ0n) is 14.9. The number of aromatic nitrogens is 1. The molecular formula is C21H18BrN3O2S. The molecule has 142 valence electrons. The van der Waals surface area contributed by atoms with Crippen LogP contribution in [0.1, 0.15) is 11.1 Å². The number of nitrogens with one attached hydrogen (secondary N) is 1. The topological polar surface area (TPSA) is 63.6 Å². The third-order valence-electron chi connectivity index (χ3n) is 3.61. The molecule has 0 radical (unpaired) electrons. The van der Waals surface area contributed by atoms with E-state index in [9.17, 15) is 4.79 Å². The maximum Gasteiger partial charge on any atom is 0.250 e. The molecule has 3 aromatic rings. The zero-order chi connectivity index (χ0) is 19.6. The summed E-state index contributed by atoms with van der Waals surface area (Å²) in [7, 11) is 0. The lowest BCUT2D eigenvalue weighted by molar-refractivity contribution is -0.118. The third kappa shape index (κ3) is 6.51. The van der Waals surface area contributed by atoms with Gasteiger partial charge in [0.15, 0.2) is 0 Å². The van der Waals surface area contributed by atoms with Gasteiger partial charge in [-0.05, 0) is 42.0 Å². The number of pyridine rings is 1. The van der Waals surface area contributed by atoms with Gasteiger partial charge in [-0.25, -0.2) is 10.4 Å². The Hall–Kier alpha value is -2.64. The van der Waals surface area contributed by atoms with Gasteiger partial charge in [0.1, 0.15) is 12.4 Å². The van der Waals surface area contributed by atoms with Gasteiger partial charge in [0.2, 0.25) is 5.91 Å². The number of halogens is 1. The van der Waals surface area contributed by atoms with Crippen LogP contribution in [-0.2, 0) is 11.4 Å². The van der Waals surface area contributed by atoms with Crippen LogP contribution in [0.5, 0.6) is 5.75 Å². The number of amides is 1. The lowest BCUT2D eigenvalue weighted by atomic mass is 10.2. The first-order valence-electron chi connectivity index (χ1n) is 8.53. The summed E-state index contributed by atoms with van der Waals surface area (Å²) in [6, 6.07) is 21.1. The van der Waals surface area contributed by atoms with Gasteiger partial charge in [0.25, 0.3) is 0 Å². The molecule has 0 fully saturated rings. The van der Waals surface area contributed by atoms with Crippen molar-refractivity contribution in [2.45, 2.75) is 11.6 Å². The van der Waals surface area contributed by atoms with Gasteiger partial charge in [-0.1, -0.05) is 58.0 Å². The number of rotatable bonds is 8. The Morgan fingerprint density at radius 3 is 2.68 bits per heavy atom. The average Bonchev–Trinajstić information content (AvgIpc) is 2.73. The van der Waals surface area contributed by atoms with Crippen LogP contribution in [0.25, 0.3) is 0 Å². The number of para-hydroxylation sites is 1. The summed E-state index contributed by atoms with van der Waals surface area (Å²) in [5.41, 5.74) is 4.38. The molecule has 0 bridgehead atoms. The summed E-state index contributed by atoms with van der Waals surface area (Å²) in [4.78, 5) is 16.1. The SMILES string of the molecule is O=C(CSc1ccccn1)NN=Cc1ccccc1OCc1ccc(Br)cc1. The Kier molecular flexibility index (Phi) is 7.63. The van der Waals surface area contributed by atoms with E-state index in [0.29, 0.717) is 12.4 Å². The monoisotopic (exact) mass is 455 g/mol. The molecule has 0 aliphatic rings. The average molecular weight is 456 g/mol. The Bertz CT molecular complexity index is 934. The van der Waals surface area contributed by atoms with Crippen molar-refractivity contribution in [3.8, 4) is 5.75 Å². The number of hydrazone groups is 1. The van der Waals surface area contributed by atoms with Gasteiger partial charge in [0.05, 0.1) is 17.0 Å². The largest absolute Gasteiger partial charge is 0.488 e. The fourth-order valence-corrected chi connectivity index (χ4v) is 3.16. The van der Waals surface area contributed by atoms with E-state index in [4.69, 9.17) is 4.74 Å². The summed E-state index contributed by atoms with van der Waals surface area (Å²) in [5, 5.41) is 4.84. The molecule has 5 nitrogen and oxygen atoms in total. The minimum Gasteiger partial charge on any atom is -0.488 e. The summed E-state index contributed by atoms with van der Waals surface area (Å²) in [5.74, 6) is 0.752. The van der Waals surface area contributed by atoms with Crippen LogP contribution in [0.3, 0.4) is 0 Å². The highest BCUT2D eigenvalue weighted by atomic mass is 79.9. The molecule has 2 aromatic carbocycles. The number of nitrogens with zero attached hydrogens (tertiary/aromatic N) is 2. The predicted molar refractivity (Wildman–Crippen MR) is 116 cm³/mol. The van der Waals surface area contributed by atoms with Gasteiger partial charge < -0.3 is 4.74 Å². The van der Waals surface area contributed by atoms with Crippen molar-refractivity contribution in [2.75, 3.05) is 5.75 Å². The van der Waals surface area contributed by atoms with Gasteiger partial charge in [0, 0.05) is 16.2 Å². The number of carbonyl (C=O) groups excluding carboxylic acids is 1. The fraction of sp³-hybridized carbons (Fsp3) is 0.0952. The highest BCUT2D eigenvalue weighted by molar-refractivity contribution is 9.10. The van der Waals surface area contributed by atoms with Crippen molar-refractivity contribution in [2.24, 2.45) is 5.10 Å². The number of thioether (sulfide) groups is 1. The molecule has 7 heteroatoms.